The van der Waals surface area contributed by atoms with Crippen molar-refractivity contribution in [2.45, 2.75) is 29.8 Å². The van der Waals surface area contributed by atoms with E-state index in [1.807, 2.05) is 47.8 Å². The predicted octanol–water partition coefficient (Wildman–Crippen LogP) is 2.95. The summed E-state index contributed by atoms with van der Waals surface area (Å²) >= 11 is 2.76. The number of nitrogens with one attached hydrogen (secondary N) is 2. The monoisotopic (exact) mass is 565 g/mol. The average molecular weight is 566 g/mol. The van der Waals surface area contributed by atoms with Crippen molar-refractivity contribution in [2.75, 3.05) is 5.32 Å². The number of hydrogen-bond donors (Lipinski definition) is 3. The highest BCUT2D eigenvalue weighted by Gasteiger charge is 2.56. The number of thiophene rings is 1. The van der Waals surface area contributed by atoms with Crippen LogP contribution in [0.1, 0.15) is 10.4 Å². The highest BCUT2D eigenvalue weighted by atomic mass is 32.2. The number of fused-ring (bicyclic) bond motifs is 1. The molecule has 13 heteroatoms. The number of nitro benzene ring substituents is 1. The first-order valence-electron chi connectivity index (χ1n) is 11.8. The standard InChI is InChI=1S/C26H23N5O6S2/c27-20-22(26(34)37-14-15-8-10-17(11-9-15)31(35)36)30-24(33)21(29-19(32)13-18-7-4-12-38-18)25(30)39-23(20)28-16-5-2-1-3-6-16/h1-12,21,23,25,28H,13-14,27H2,(H,29,32)/t21-,23?,25-/m1/s1. The van der Waals surface area contributed by atoms with E-state index in [-0.39, 0.29) is 36.0 Å². The third-order valence-corrected chi connectivity index (χ3v) is 8.41. The quantitative estimate of drug-likeness (QED) is 0.154. The first kappa shape index (κ1) is 26.3. The molecule has 1 unspecified atom stereocenters. The predicted molar refractivity (Wildman–Crippen MR) is 146 cm³/mol. The number of carbonyl (C=O) groups is 3. The molecule has 1 fully saturated rings. The largest absolute Gasteiger partial charge is 0.456 e. The second kappa shape index (κ2) is 11.2. The van der Waals surface area contributed by atoms with E-state index in [1.54, 1.807) is 0 Å². The summed E-state index contributed by atoms with van der Waals surface area (Å²) in [7, 11) is 0. The van der Waals surface area contributed by atoms with Gasteiger partial charge in [-0.05, 0) is 41.3 Å². The minimum atomic E-state index is -0.840. The normalized spacial score (nSPS) is 20.1. The molecular formula is C26H23N5O6S2. The van der Waals surface area contributed by atoms with E-state index in [2.05, 4.69) is 10.6 Å². The molecule has 2 aliphatic heterocycles. The second-order valence-electron chi connectivity index (χ2n) is 8.73. The third kappa shape index (κ3) is 5.59. The number of esters is 1. The van der Waals surface area contributed by atoms with Crippen LogP contribution in [0.15, 0.2) is 83.5 Å². The van der Waals surface area contributed by atoms with Gasteiger partial charge in [-0.2, -0.15) is 0 Å². The molecule has 1 aromatic heterocycles. The molecule has 0 spiro atoms. The van der Waals surface area contributed by atoms with Crippen LogP contribution >= 0.6 is 23.1 Å². The number of nitrogens with two attached hydrogens (primary N) is 1. The van der Waals surface area contributed by atoms with Crippen LogP contribution < -0.4 is 16.4 Å². The Balaban J connectivity index is 1.35. The third-order valence-electron chi connectivity index (χ3n) is 6.13. The summed E-state index contributed by atoms with van der Waals surface area (Å²) in [6.45, 7) is -0.175. The summed E-state index contributed by atoms with van der Waals surface area (Å²) in [4.78, 5) is 51.5. The molecule has 0 radical (unpaired) electrons. The van der Waals surface area contributed by atoms with Gasteiger partial charge in [-0.3, -0.25) is 24.6 Å². The summed E-state index contributed by atoms with van der Waals surface area (Å²) in [5.74, 6) is -1.57. The maximum Gasteiger partial charge on any atom is 0.357 e. The summed E-state index contributed by atoms with van der Waals surface area (Å²) in [5.41, 5.74) is 7.64. The van der Waals surface area contributed by atoms with Crippen molar-refractivity contribution >= 4 is 52.3 Å². The van der Waals surface area contributed by atoms with Gasteiger partial charge in [0.2, 0.25) is 5.91 Å². The number of hydrogen-bond acceptors (Lipinski definition) is 10. The van der Waals surface area contributed by atoms with E-state index in [4.69, 9.17) is 10.5 Å². The fourth-order valence-electron chi connectivity index (χ4n) is 4.19. The van der Waals surface area contributed by atoms with Crippen LogP contribution in [0.25, 0.3) is 0 Å². The van der Waals surface area contributed by atoms with E-state index < -0.39 is 33.6 Å². The summed E-state index contributed by atoms with van der Waals surface area (Å²) < 4.78 is 5.46. The van der Waals surface area contributed by atoms with Gasteiger partial charge in [-0.25, -0.2) is 4.79 Å². The SMILES string of the molecule is NC1=C(C(=O)OCc2ccc([N+](=O)[O-])cc2)N2C(=O)[C@@H](NC(=O)Cc3cccs3)[C@H]2SC1Nc1ccccc1. The van der Waals surface area contributed by atoms with E-state index in [0.29, 0.717) is 5.56 Å². The number of carbonyl (C=O) groups excluding carboxylic acids is 3. The Morgan fingerprint density at radius 1 is 1.08 bits per heavy atom. The number of thioether (sulfide) groups is 1. The molecule has 39 heavy (non-hydrogen) atoms. The Morgan fingerprint density at radius 2 is 1.82 bits per heavy atom. The first-order chi connectivity index (χ1) is 18.8. The minimum Gasteiger partial charge on any atom is -0.456 e. The highest BCUT2D eigenvalue weighted by Crippen LogP contribution is 2.43. The molecule has 200 valence electrons. The average Bonchev–Trinajstić information content (AvgIpc) is 3.45. The summed E-state index contributed by atoms with van der Waals surface area (Å²) in [6.07, 6.45) is 0.145. The molecular weight excluding hydrogens is 542 g/mol. The van der Waals surface area contributed by atoms with Crippen LogP contribution in [0.5, 0.6) is 0 Å². The van der Waals surface area contributed by atoms with Crippen molar-refractivity contribution in [3.8, 4) is 0 Å². The van der Waals surface area contributed by atoms with E-state index >= 15 is 0 Å². The molecule has 4 N–H and O–H groups in total. The highest BCUT2D eigenvalue weighted by molar-refractivity contribution is 8.01. The second-order valence-corrected chi connectivity index (χ2v) is 11.0. The van der Waals surface area contributed by atoms with Crippen molar-refractivity contribution in [1.29, 1.82) is 0 Å². The van der Waals surface area contributed by atoms with Crippen LogP contribution in [0.3, 0.4) is 0 Å². The van der Waals surface area contributed by atoms with Crippen molar-refractivity contribution in [3.05, 3.63) is 104 Å². The molecule has 1 saturated heterocycles. The Kier molecular flexibility index (Phi) is 7.52. The van der Waals surface area contributed by atoms with Gasteiger partial charge in [-0.1, -0.05) is 24.3 Å². The van der Waals surface area contributed by atoms with Crippen molar-refractivity contribution < 1.29 is 24.0 Å². The van der Waals surface area contributed by atoms with Gasteiger partial charge >= 0.3 is 5.97 Å². The smallest absolute Gasteiger partial charge is 0.357 e. The number of amides is 2. The zero-order valence-corrected chi connectivity index (χ0v) is 21.9. The van der Waals surface area contributed by atoms with Crippen LogP contribution in [0.4, 0.5) is 11.4 Å². The van der Waals surface area contributed by atoms with Gasteiger partial charge in [0.15, 0.2) is 5.70 Å². The molecule has 2 aliphatic rings. The van der Waals surface area contributed by atoms with Gasteiger partial charge < -0.3 is 21.1 Å². The topological polar surface area (TPSA) is 157 Å². The van der Waals surface area contributed by atoms with Gasteiger partial charge in [0.05, 0.1) is 17.0 Å². The number of rotatable bonds is 9. The molecule has 5 rings (SSSR count). The Bertz CT molecular complexity index is 1430. The molecule has 3 atom stereocenters. The lowest BCUT2D eigenvalue weighted by atomic mass is 10.0. The van der Waals surface area contributed by atoms with Gasteiger partial charge in [0.1, 0.15) is 23.4 Å². The number of β-lactam (4-membered cyclic amide) rings is 1. The van der Waals surface area contributed by atoms with Crippen LogP contribution in [0.2, 0.25) is 0 Å². The Labute approximate surface area is 231 Å². The van der Waals surface area contributed by atoms with Gasteiger partial charge in [0, 0.05) is 22.7 Å². The van der Waals surface area contributed by atoms with Gasteiger partial charge in [-0.15, -0.1) is 23.1 Å². The fourth-order valence-corrected chi connectivity index (χ4v) is 6.31. The van der Waals surface area contributed by atoms with Crippen molar-refractivity contribution in [3.63, 3.8) is 0 Å². The molecule has 3 aromatic rings. The molecule has 3 heterocycles. The van der Waals surface area contributed by atoms with Crippen molar-refractivity contribution in [1.82, 2.24) is 10.2 Å². The number of ether oxygens (including phenoxy) is 1. The fraction of sp³-hybridized carbons (Fsp3) is 0.192. The number of nitro groups is 1. The number of anilines is 1. The molecule has 2 amide bonds. The van der Waals surface area contributed by atoms with E-state index in [9.17, 15) is 24.5 Å². The lowest BCUT2D eigenvalue weighted by molar-refractivity contribution is -0.384. The van der Waals surface area contributed by atoms with E-state index in [0.717, 1.165) is 10.6 Å². The van der Waals surface area contributed by atoms with Crippen LogP contribution in [-0.2, 0) is 32.1 Å². The summed E-state index contributed by atoms with van der Waals surface area (Å²) in [5, 5.41) is 17.7. The molecule has 0 saturated carbocycles. The van der Waals surface area contributed by atoms with E-state index in [1.165, 1.54) is 52.3 Å². The molecule has 0 aliphatic carbocycles. The van der Waals surface area contributed by atoms with Crippen LogP contribution in [-0.4, -0.2) is 44.4 Å². The Morgan fingerprint density at radius 3 is 2.49 bits per heavy atom. The zero-order valence-electron chi connectivity index (χ0n) is 20.3. The number of para-hydroxylation sites is 1. The molecule has 11 nitrogen and oxygen atoms in total. The molecule has 2 aromatic carbocycles. The Hall–Kier alpha value is -4.36. The van der Waals surface area contributed by atoms with Crippen molar-refractivity contribution in [2.24, 2.45) is 5.73 Å². The van der Waals surface area contributed by atoms with Crippen LogP contribution in [0, 0.1) is 10.1 Å². The summed E-state index contributed by atoms with van der Waals surface area (Å²) in [6, 6.07) is 17.7. The minimum absolute atomic E-state index is 0.0858. The zero-order chi connectivity index (χ0) is 27.5. The lowest BCUT2D eigenvalue weighted by Crippen LogP contribution is -2.71. The molecule has 0 bridgehead atoms. The maximum absolute atomic E-state index is 13.2. The first-order valence-corrected chi connectivity index (χ1v) is 13.7. The number of benzene rings is 2. The van der Waals surface area contributed by atoms with Gasteiger partial charge in [0.25, 0.3) is 11.6 Å². The lowest BCUT2D eigenvalue weighted by Gasteiger charge is -2.51. The number of non-ortho nitro benzene ring substituents is 1. The maximum atomic E-state index is 13.2. The number of nitrogens with zero attached hydrogens (tertiary/aromatic N) is 2.